The van der Waals surface area contributed by atoms with Crippen LogP contribution in [0.4, 0.5) is 0 Å². The summed E-state index contributed by atoms with van der Waals surface area (Å²) in [4.78, 5) is 0. The molecule has 88 valence electrons. The first kappa shape index (κ1) is 11.4. The van der Waals surface area contributed by atoms with Gasteiger partial charge in [-0.2, -0.15) is 0 Å². The van der Waals surface area contributed by atoms with Gasteiger partial charge in [-0.15, -0.1) is 0 Å². The topological polar surface area (TPSA) is 24.1 Å². The first-order chi connectivity index (χ1) is 7.06. The zero-order valence-corrected chi connectivity index (χ0v) is 10.5. The Bertz CT molecular complexity index is 207. The van der Waals surface area contributed by atoms with E-state index in [1.54, 1.807) is 0 Å². The zero-order chi connectivity index (χ0) is 10.9. The summed E-state index contributed by atoms with van der Waals surface area (Å²) in [5, 5.41) is 7.30. The van der Waals surface area contributed by atoms with E-state index < -0.39 is 0 Å². The molecule has 2 nitrogen and oxygen atoms in total. The fourth-order valence-electron chi connectivity index (χ4n) is 3.13. The summed E-state index contributed by atoms with van der Waals surface area (Å²) in [6.45, 7) is 10.4. The van der Waals surface area contributed by atoms with Gasteiger partial charge in [0, 0.05) is 19.1 Å². The predicted octanol–water partition coefficient (Wildman–Crippen LogP) is 2.01. The van der Waals surface area contributed by atoms with Gasteiger partial charge in [-0.3, -0.25) is 0 Å². The minimum absolute atomic E-state index is 0.410. The first-order valence-electron chi connectivity index (χ1n) is 6.50. The summed E-state index contributed by atoms with van der Waals surface area (Å²) in [5.74, 6) is 1.96. The average Bonchev–Trinajstić information content (AvgIpc) is 2.66. The molecule has 0 aromatic carbocycles. The zero-order valence-electron chi connectivity index (χ0n) is 10.5. The van der Waals surface area contributed by atoms with Gasteiger partial charge in [0.25, 0.3) is 0 Å². The lowest BCUT2D eigenvalue weighted by atomic mass is 9.93. The van der Waals surface area contributed by atoms with Crippen LogP contribution >= 0.6 is 0 Å². The molecule has 0 radical (unpaired) electrons. The van der Waals surface area contributed by atoms with Crippen LogP contribution in [-0.4, -0.2) is 25.7 Å². The lowest BCUT2D eigenvalue weighted by molar-refractivity contribution is 0.342. The van der Waals surface area contributed by atoms with Crippen LogP contribution < -0.4 is 10.6 Å². The fourth-order valence-corrected chi connectivity index (χ4v) is 3.13. The fraction of sp³-hybridized carbons (Fsp3) is 1.00. The summed E-state index contributed by atoms with van der Waals surface area (Å²) >= 11 is 0. The molecular formula is C13H26N2. The van der Waals surface area contributed by atoms with Gasteiger partial charge in [0.2, 0.25) is 0 Å². The Labute approximate surface area is 94.2 Å². The van der Waals surface area contributed by atoms with Crippen molar-refractivity contribution in [1.29, 1.82) is 0 Å². The Morgan fingerprint density at radius 3 is 2.80 bits per heavy atom. The molecule has 15 heavy (non-hydrogen) atoms. The highest BCUT2D eigenvalue weighted by atomic mass is 15.0. The first-order valence-corrected chi connectivity index (χ1v) is 6.50. The molecule has 1 heterocycles. The van der Waals surface area contributed by atoms with Crippen molar-refractivity contribution in [2.45, 2.75) is 46.1 Å². The molecule has 1 aliphatic heterocycles. The molecule has 3 atom stereocenters. The molecule has 2 fully saturated rings. The third-order valence-corrected chi connectivity index (χ3v) is 3.90. The maximum atomic E-state index is 3.68. The smallest absolute Gasteiger partial charge is 0.0223 e. The summed E-state index contributed by atoms with van der Waals surface area (Å²) in [7, 11) is 0. The molecule has 0 amide bonds. The van der Waals surface area contributed by atoms with Crippen LogP contribution in [0.1, 0.15) is 40.0 Å². The molecule has 2 rings (SSSR count). The van der Waals surface area contributed by atoms with E-state index in [2.05, 4.69) is 31.4 Å². The number of hydrogen-bond donors (Lipinski definition) is 2. The van der Waals surface area contributed by atoms with Crippen LogP contribution in [0.3, 0.4) is 0 Å². The lowest BCUT2D eigenvalue weighted by Crippen LogP contribution is -2.40. The van der Waals surface area contributed by atoms with Crippen LogP contribution in [0.15, 0.2) is 0 Å². The molecule has 1 saturated heterocycles. The molecule has 2 heteroatoms. The van der Waals surface area contributed by atoms with Gasteiger partial charge in [0.05, 0.1) is 0 Å². The number of fused-ring (bicyclic) bond motifs is 1. The Balaban J connectivity index is 1.71. The van der Waals surface area contributed by atoms with Crippen LogP contribution in [0.5, 0.6) is 0 Å². The minimum atomic E-state index is 0.410. The molecule has 0 aromatic rings. The average molecular weight is 210 g/mol. The van der Waals surface area contributed by atoms with E-state index in [0.717, 1.165) is 24.4 Å². The van der Waals surface area contributed by atoms with Crippen molar-refractivity contribution < 1.29 is 0 Å². The second kappa shape index (κ2) is 4.42. The molecule has 0 spiro atoms. The number of hydrogen-bond acceptors (Lipinski definition) is 2. The second-order valence-corrected chi connectivity index (χ2v) is 6.56. The number of rotatable bonds is 3. The molecule has 1 saturated carbocycles. The molecule has 2 N–H and O–H groups in total. The van der Waals surface area contributed by atoms with E-state index in [4.69, 9.17) is 0 Å². The van der Waals surface area contributed by atoms with Crippen LogP contribution in [0, 0.1) is 17.3 Å². The minimum Gasteiger partial charge on any atom is -0.315 e. The van der Waals surface area contributed by atoms with Crippen molar-refractivity contribution in [3.63, 3.8) is 0 Å². The van der Waals surface area contributed by atoms with Crippen molar-refractivity contribution in [2.24, 2.45) is 17.3 Å². The maximum absolute atomic E-state index is 3.68. The van der Waals surface area contributed by atoms with E-state index in [1.165, 1.54) is 32.4 Å². The lowest BCUT2D eigenvalue weighted by Gasteiger charge is -2.23. The van der Waals surface area contributed by atoms with Gasteiger partial charge in [-0.05, 0) is 36.6 Å². The SMILES string of the molecule is CC(C)(C)CNCC1NCC2CCCC21. The van der Waals surface area contributed by atoms with Gasteiger partial charge in [-0.1, -0.05) is 27.2 Å². The largest absolute Gasteiger partial charge is 0.315 e. The normalized spacial score (nSPS) is 35.8. The van der Waals surface area contributed by atoms with Crippen molar-refractivity contribution in [3.8, 4) is 0 Å². The van der Waals surface area contributed by atoms with Crippen molar-refractivity contribution >= 4 is 0 Å². The van der Waals surface area contributed by atoms with E-state index >= 15 is 0 Å². The molecular weight excluding hydrogens is 184 g/mol. The van der Waals surface area contributed by atoms with Crippen LogP contribution in [0.2, 0.25) is 0 Å². The Kier molecular flexibility index (Phi) is 3.36. The highest BCUT2D eigenvalue weighted by Gasteiger charge is 2.38. The second-order valence-electron chi connectivity index (χ2n) is 6.56. The Hall–Kier alpha value is -0.0800. The highest BCUT2D eigenvalue weighted by Crippen LogP contribution is 2.37. The van der Waals surface area contributed by atoms with Crippen LogP contribution in [-0.2, 0) is 0 Å². The van der Waals surface area contributed by atoms with Gasteiger partial charge < -0.3 is 10.6 Å². The highest BCUT2D eigenvalue weighted by molar-refractivity contribution is 4.95. The maximum Gasteiger partial charge on any atom is 0.0223 e. The van der Waals surface area contributed by atoms with Gasteiger partial charge >= 0.3 is 0 Å². The Morgan fingerprint density at radius 1 is 1.27 bits per heavy atom. The number of nitrogens with one attached hydrogen (secondary N) is 2. The quantitative estimate of drug-likeness (QED) is 0.744. The molecule has 3 unspecified atom stereocenters. The summed E-state index contributed by atoms with van der Waals surface area (Å²) in [5.41, 5.74) is 0.410. The molecule has 0 bridgehead atoms. The van der Waals surface area contributed by atoms with Gasteiger partial charge in [0.15, 0.2) is 0 Å². The Morgan fingerprint density at radius 2 is 2.07 bits per heavy atom. The molecule has 2 aliphatic rings. The third-order valence-electron chi connectivity index (χ3n) is 3.90. The van der Waals surface area contributed by atoms with Gasteiger partial charge in [-0.25, -0.2) is 0 Å². The van der Waals surface area contributed by atoms with Gasteiger partial charge in [0.1, 0.15) is 0 Å². The van der Waals surface area contributed by atoms with Crippen molar-refractivity contribution in [3.05, 3.63) is 0 Å². The van der Waals surface area contributed by atoms with Crippen molar-refractivity contribution in [1.82, 2.24) is 10.6 Å². The predicted molar refractivity (Wildman–Crippen MR) is 64.9 cm³/mol. The monoisotopic (exact) mass is 210 g/mol. The molecule has 0 aromatic heterocycles. The summed E-state index contributed by atoms with van der Waals surface area (Å²) in [6, 6.07) is 0.750. The summed E-state index contributed by atoms with van der Waals surface area (Å²) in [6.07, 6.45) is 4.39. The summed E-state index contributed by atoms with van der Waals surface area (Å²) < 4.78 is 0. The van der Waals surface area contributed by atoms with Crippen molar-refractivity contribution in [2.75, 3.05) is 19.6 Å². The van der Waals surface area contributed by atoms with E-state index in [0.29, 0.717) is 5.41 Å². The third kappa shape index (κ3) is 2.94. The van der Waals surface area contributed by atoms with E-state index in [9.17, 15) is 0 Å². The van der Waals surface area contributed by atoms with E-state index in [-0.39, 0.29) is 0 Å². The van der Waals surface area contributed by atoms with E-state index in [1.807, 2.05) is 0 Å². The van der Waals surface area contributed by atoms with Crippen LogP contribution in [0.25, 0.3) is 0 Å². The molecule has 1 aliphatic carbocycles. The standard InChI is InChI=1S/C13H26N2/c1-13(2,3)9-14-8-12-11-6-4-5-10(11)7-15-12/h10-12,14-15H,4-9H2,1-3H3.